The summed E-state index contributed by atoms with van der Waals surface area (Å²) in [7, 11) is 0. The highest BCUT2D eigenvalue weighted by Gasteiger charge is 2.27. The summed E-state index contributed by atoms with van der Waals surface area (Å²) in [6.07, 6.45) is -1.74. The number of hydrogen-bond acceptors (Lipinski definition) is 9. The Labute approximate surface area is 247 Å². The van der Waals surface area contributed by atoms with Crippen molar-refractivity contribution < 1.29 is 38.3 Å². The number of alkyl carbamates (subject to hydrolysis) is 1. The molecule has 0 unspecified atom stereocenters. The first-order valence-corrected chi connectivity index (χ1v) is 13.3. The molecule has 0 fully saturated rings. The van der Waals surface area contributed by atoms with Gasteiger partial charge in [-0.15, -0.1) is 0 Å². The van der Waals surface area contributed by atoms with Crippen LogP contribution in [0.1, 0.15) is 31.9 Å². The molecule has 43 heavy (non-hydrogen) atoms. The first kappa shape index (κ1) is 32.1. The molecule has 0 aromatic heterocycles. The molecular formula is C30H32N4O9. The number of nitro benzene ring substituents is 1. The maximum atomic E-state index is 12.9. The second kappa shape index (κ2) is 15.5. The topological polar surface area (TPSA) is 175 Å². The number of benzene rings is 3. The molecule has 13 heteroatoms. The molecule has 226 valence electrons. The molecule has 0 spiro atoms. The summed E-state index contributed by atoms with van der Waals surface area (Å²) >= 11 is 0. The highest BCUT2D eigenvalue weighted by atomic mass is 16.7. The van der Waals surface area contributed by atoms with E-state index in [-0.39, 0.29) is 30.6 Å². The van der Waals surface area contributed by atoms with E-state index in [0.29, 0.717) is 11.3 Å². The third-order valence-electron chi connectivity index (χ3n) is 6.01. The van der Waals surface area contributed by atoms with Gasteiger partial charge in [0, 0.05) is 17.8 Å². The number of hydrogen-bond donors (Lipinski definition) is 3. The zero-order valence-electron chi connectivity index (χ0n) is 23.8. The maximum Gasteiger partial charge on any atom is 0.514 e. The van der Waals surface area contributed by atoms with Crippen molar-refractivity contribution in [2.45, 2.75) is 46.1 Å². The predicted octanol–water partition coefficient (Wildman–Crippen LogP) is 4.70. The summed E-state index contributed by atoms with van der Waals surface area (Å²) in [4.78, 5) is 59.9. The van der Waals surface area contributed by atoms with Gasteiger partial charge in [-0.25, -0.2) is 9.59 Å². The zero-order valence-corrected chi connectivity index (χ0v) is 23.8. The van der Waals surface area contributed by atoms with E-state index in [1.54, 1.807) is 38.1 Å². The van der Waals surface area contributed by atoms with E-state index in [1.807, 2.05) is 30.3 Å². The number of nitrogens with one attached hydrogen (secondary N) is 3. The summed E-state index contributed by atoms with van der Waals surface area (Å²) in [5.74, 6) is -1.21. The number of amides is 3. The average molecular weight is 593 g/mol. The Hall–Kier alpha value is -5.46. The minimum absolute atomic E-state index is 0.0507. The third-order valence-corrected chi connectivity index (χ3v) is 6.01. The fourth-order valence-electron chi connectivity index (χ4n) is 3.63. The van der Waals surface area contributed by atoms with Crippen molar-refractivity contribution in [3.8, 4) is 5.75 Å². The maximum absolute atomic E-state index is 12.9. The van der Waals surface area contributed by atoms with Crippen LogP contribution in [0.15, 0.2) is 78.9 Å². The van der Waals surface area contributed by atoms with E-state index in [9.17, 15) is 29.3 Å². The summed E-state index contributed by atoms with van der Waals surface area (Å²) in [6.45, 7) is 4.95. The molecule has 0 aliphatic carbocycles. The third kappa shape index (κ3) is 10.5. The summed E-state index contributed by atoms with van der Waals surface area (Å²) in [5.41, 5.74) is 1.70. The Morgan fingerprint density at radius 1 is 0.767 bits per heavy atom. The number of anilines is 1. The van der Waals surface area contributed by atoms with Crippen LogP contribution in [0.2, 0.25) is 0 Å². The van der Waals surface area contributed by atoms with Crippen LogP contribution in [0.3, 0.4) is 0 Å². The van der Waals surface area contributed by atoms with Gasteiger partial charge in [0.05, 0.1) is 4.92 Å². The molecule has 2 atom stereocenters. The lowest BCUT2D eigenvalue weighted by atomic mass is 10.0. The molecule has 3 aromatic carbocycles. The smallest absolute Gasteiger partial charge is 0.445 e. The Kier molecular flexibility index (Phi) is 11.6. The molecule has 13 nitrogen and oxygen atoms in total. The molecule has 0 aliphatic heterocycles. The first-order valence-electron chi connectivity index (χ1n) is 13.3. The van der Waals surface area contributed by atoms with E-state index in [4.69, 9.17) is 14.2 Å². The lowest BCUT2D eigenvalue weighted by Gasteiger charge is -2.23. The van der Waals surface area contributed by atoms with Gasteiger partial charge in [0.15, 0.2) is 0 Å². The van der Waals surface area contributed by atoms with Gasteiger partial charge in [-0.2, -0.15) is 0 Å². The average Bonchev–Trinajstić information content (AvgIpc) is 2.99. The van der Waals surface area contributed by atoms with Gasteiger partial charge in [-0.05, 0) is 48.2 Å². The number of carbonyl (C=O) groups excluding carboxylic acids is 4. The summed E-state index contributed by atoms with van der Waals surface area (Å²) in [5, 5.41) is 18.5. The highest BCUT2D eigenvalue weighted by Crippen LogP contribution is 2.18. The molecule has 0 bridgehead atoms. The van der Waals surface area contributed by atoms with Gasteiger partial charge < -0.3 is 30.2 Å². The van der Waals surface area contributed by atoms with E-state index in [2.05, 4.69) is 16.0 Å². The van der Waals surface area contributed by atoms with Crippen molar-refractivity contribution in [2.24, 2.45) is 5.92 Å². The minimum Gasteiger partial charge on any atom is -0.445 e. The number of nitro groups is 1. The van der Waals surface area contributed by atoms with Crippen LogP contribution in [0.4, 0.5) is 21.0 Å². The molecule has 0 saturated carbocycles. The quantitative estimate of drug-likeness (QED) is 0.116. The van der Waals surface area contributed by atoms with Crippen LogP contribution >= 0.6 is 0 Å². The van der Waals surface area contributed by atoms with Crippen LogP contribution in [0.5, 0.6) is 5.75 Å². The van der Waals surface area contributed by atoms with Gasteiger partial charge in [-0.3, -0.25) is 19.7 Å². The molecule has 3 rings (SSSR count). The first-order chi connectivity index (χ1) is 20.5. The van der Waals surface area contributed by atoms with Crippen molar-refractivity contribution in [3.63, 3.8) is 0 Å². The standard InChI is InChI=1S/C30H32N4O9/c1-19(2)26(33-29(37)41-17-21-7-5-4-6-8-21)28(36)31-20(3)27(35)32-23-11-9-22(10-12-23)18-42-30(38)43-25-15-13-24(14-16-25)34(39)40/h4-16,19-20,26H,17-18H2,1-3H3,(H,31,36)(H,32,35)(H,33,37)/t20-,26-/m0/s1. The van der Waals surface area contributed by atoms with Crippen LogP contribution in [-0.4, -0.2) is 41.1 Å². The van der Waals surface area contributed by atoms with Crippen molar-refractivity contribution in [1.29, 1.82) is 0 Å². The monoisotopic (exact) mass is 592 g/mol. The van der Waals surface area contributed by atoms with E-state index in [1.165, 1.54) is 31.2 Å². The lowest BCUT2D eigenvalue weighted by Crippen LogP contribution is -2.53. The molecule has 3 N–H and O–H groups in total. The van der Waals surface area contributed by atoms with E-state index < -0.39 is 41.1 Å². The number of nitrogens with zero attached hydrogens (tertiary/aromatic N) is 1. The van der Waals surface area contributed by atoms with Crippen LogP contribution in [0.25, 0.3) is 0 Å². The summed E-state index contributed by atoms with van der Waals surface area (Å²) in [6, 6.07) is 18.6. The number of carbonyl (C=O) groups is 4. The second-order valence-electron chi connectivity index (χ2n) is 9.74. The number of ether oxygens (including phenoxy) is 3. The Balaban J connectivity index is 1.43. The summed E-state index contributed by atoms with van der Waals surface area (Å²) < 4.78 is 15.2. The Morgan fingerprint density at radius 3 is 1.98 bits per heavy atom. The molecule has 3 amide bonds. The number of non-ortho nitro benzene ring substituents is 1. The molecule has 0 heterocycles. The van der Waals surface area contributed by atoms with E-state index in [0.717, 1.165) is 5.56 Å². The fourth-order valence-corrected chi connectivity index (χ4v) is 3.63. The Bertz CT molecular complexity index is 1410. The van der Waals surface area contributed by atoms with Gasteiger partial charge in [0.1, 0.15) is 31.0 Å². The van der Waals surface area contributed by atoms with Crippen molar-refractivity contribution in [2.75, 3.05) is 5.32 Å². The zero-order chi connectivity index (χ0) is 31.4. The highest BCUT2D eigenvalue weighted by molar-refractivity contribution is 5.98. The van der Waals surface area contributed by atoms with Gasteiger partial charge in [-0.1, -0.05) is 56.3 Å². The van der Waals surface area contributed by atoms with Gasteiger partial charge in [0.25, 0.3) is 5.69 Å². The van der Waals surface area contributed by atoms with Crippen LogP contribution < -0.4 is 20.7 Å². The SMILES string of the molecule is CC(C)[C@H](NC(=O)OCc1ccccc1)C(=O)N[C@@H](C)C(=O)Nc1ccc(COC(=O)Oc2ccc([N+](=O)[O-])cc2)cc1. The van der Waals surface area contributed by atoms with Crippen molar-refractivity contribution >= 4 is 35.4 Å². The fraction of sp³-hybridized carbons (Fsp3) is 0.267. The van der Waals surface area contributed by atoms with Crippen LogP contribution in [-0.2, 0) is 32.3 Å². The van der Waals surface area contributed by atoms with Crippen molar-refractivity contribution in [3.05, 3.63) is 100 Å². The molecular weight excluding hydrogens is 560 g/mol. The van der Waals surface area contributed by atoms with Crippen LogP contribution in [0, 0.1) is 16.0 Å². The largest absolute Gasteiger partial charge is 0.514 e. The van der Waals surface area contributed by atoms with E-state index >= 15 is 0 Å². The van der Waals surface area contributed by atoms with Crippen molar-refractivity contribution in [1.82, 2.24) is 10.6 Å². The molecule has 0 radical (unpaired) electrons. The minimum atomic E-state index is -0.991. The predicted molar refractivity (Wildman–Crippen MR) is 155 cm³/mol. The second-order valence-corrected chi connectivity index (χ2v) is 9.74. The normalized spacial score (nSPS) is 11.9. The molecule has 3 aromatic rings. The number of rotatable bonds is 12. The Morgan fingerprint density at radius 2 is 1.37 bits per heavy atom. The molecule has 0 saturated heterocycles. The van der Waals surface area contributed by atoms with Gasteiger partial charge >= 0.3 is 12.2 Å². The molecule has 0 aliphatic rings. The van der Waals surface area contributed by atoms with Gasteiger partial charge in [0.2, 0.25) is 11.8 Å². The lowest BCUT2D eigenvalue weighted by molar-refractivity contribution is -0.384.